The molecule has 1 saturated carbocycles. The van der Waals surface area contributed by atoms with E-state index in [1.54, 1.807) is 60.6 Å². The number of hydrogen-bond acceptors (Lipinski definition) is 9. The largest absolute Gasteiger partial charge is 0.474 e. The molecule has 46 heavy (non-hydrogen) atoms. The molecule has 2 unspecified atom stereocenters. The molecule has 5 rings (SSSR count). The summed E-state index contributed by atoms with van der Waals surface area (Å²) in [6, 6.07) is 3.12. The summed E-state index contributed by atoms with van der Waals surface area (Å²) < 4.78 is 38.8. The lowest BCUT2D eigenvalue weighted by Gasteiger charge is -2.32. The van der Waals surface area contributed by atoms with Gasteiger partial charge in [-0.3, -0.25) is 15.5 Å². The van der Waals surface area contributed by atoms with E-state index in [1.165, 1.54) is 17.3 Å². The molecular formula is C33H40FN5O7. The summed E-state index contributed by atoms with van der Waals surface area (Å²) in [5.41, 5.74) is -0.496. The Labute approximate surface area is 266 Å². The summed E-state index contributed by atoms with van der Waals surface area (Å²) in [6.07, 6.45) is 2.34. The predicted octanol–water partition coefficient (Wildman–Crippen LogP) is 7.57. The lowest BCUT2D eigenvalue weighted by Crippen LogP contribution is -2.42. The second-order valence-corrected chi connectivity index (χ2v) is 13.6. The number of nitrogens with one attached hydrogen (secondary N) is 2. The van der Waals surface area contributed by atoms with Crippen LogP contribution >= 0.6 is 0 Å². The number of carbonyl (C=O) groups is 3. The zero-order valence-electron chi connectivity index (χ0n) is 27.4. The van der Waals surface area contributed by atoms with Gasteiger partial charge in [-0.05, 0) is 90.3 Å². The average molecular weight is 638 g/mol. The highest BCUT2D eigenvalue weighted by molar-refractivity contribution is 6.05. The van der Waals surface area contributed by atoms with Crippen molar-refractivity contribution in [3.8, 4) is 17.0 Å². The fraction of sp³-hybridized carbons (Fsp3) is 0.485. The number of fused-ring (bicyclic) bond motifs is 2. The standard InChI is InChI=1S/C33H40FN5O7/c1-17-9-10-23(17)44-29(40)37-24-14-19-13-20(25(34)26(22(19)16-35-24)38-30(41)45-32(3,4)5)21-15-36-28-27(18(21)2)39(11-12-43-28)31(42)46-33(6,7)8/h13-17,23H,9-12H2,1-8H3,(H,38,41)(H,35,37,40). The van der Waals surface area contributed by atoms with Gasteiger partial charge in [0.15, 0.2) is 5.82 Å². The van der Waals surface area contributed by atoms with Crippen molar-refractivity contribution in [3.63, 3.8) is 0 Å². The minimum Gasteiger partial charge on any atom is -0.474 e. The SMILES string of the molecule is Cc1c(-c2cc3cc(NC(=O)OC4CCC4C)ncc3c(NC(=O)OC(C)(C)C)c2F)cnc2c1N(C(=O)OC(C)(C)C)CCO2. The smallest absolute Gasteiger partial charge is 0.415 e. The third kappa shape index (κ3) is 7.08. The lowest BCUT2D eigenvalue weighted by molar-refractivity contribution is 0.0172. The van der Waals surface area contributed by atoms with Crippen LogP contribution in [0, 0.1) is 18.7 Å². The molecule has 2 aromatic heterocycles. The molecule has 0 saturated heterocycles. The van der Waals surface area contributed by atoms with Crippen molar-refractivity contribution >= 4 is 46.2 Å². The molecule has 1 aromatic carbocycles. The maximum atomic E-state index is 16.6. The van der Waals surface area contributed by atoms with Crippen LogP contribution in [0.25, 0.3) is 21.9 Å². The number of pyridine rings is 2. The number of rotatable bonds is 4. The van der Waals surface area contributed by atoms with Gasteiger partial charge < -0.3 is 18.9 Å². The molecule has 1 aliphatic carbocycles. The van der Waals surface area contributed by atoms with Crippen LogP contribution in [0.1, 0.15) is 66.9 Å². The molecule has 2 N–H and O–H groups in total. The van der Waals surface area contributed by atoms with Gasteiger partial charge in [-0.1, -0.05) is 6.92 Å². The van der Waals surface area contributed by atoms with E-state index in [0.717, 1.165) is 12.8 Å². The van der Waals surface area contributed by atoms with Gasteiger partial charge in [0.2, 0.25) is 5.88 Å². The Morgan fingerprint density at radius 1 is 0.957 bits per heavy atom. The highest BCUT2D eigenvalue weighted by atomic mass is 19.1. The maximum absolute atomic E-state index is 16.6. The van der Waals surface area contributed by atoms with Crippen LogP contribution in [0.3, 0.4) is 0 Å². The minimum absolute atomic E-state index is 0.0732. The quantitative estimate of drug-likeness (QED) is 0.277. The van der Waals surface area contributed by atoms with Crippen molar-refractivity contribution in [2.24, 2.45) is 5.92 Å². The van der Waals surface area contributed by atoms with E-state index < -0.39 is 35.3 Å². The number of hydrogen-bond donors (Lipinski definition) is 2. The fourth-order valence-electron chi connectivity index (χ4n) is 5.26. The van der Waals surface area contributed by atoms with E-state index in [2.05, 4.69) is 20.6 Å². The lowest BCUT2D eigenvalue weighted by atomic mass is 9.84. The summed E-state index contributed by atoms with van der Waals surface area (Å²) in [4.78, 5) is 48.7. The normalized spacial score (nSPS) is 17.7. The van der Waals surface area contributed by atoms with Crippen LogP contribution in [-0.2, 0) is 14.2 Å². The van der Waals surface area contributed by atoms with Gasteiger partial charge in [-0.15, -0.1) is 0 Å². The van der Waals surface area contributed by atoms with Crippen LogP contribution < -0.4 is 20.3 Å². The van der Waals surface area contributed by atoms with Crippen LogP contribution in [0.4, 0.5) is 36.0 Å². The number of nitrogens with zero attached hydrogens (tertiary/aromatic N) is 3. The van der Waals surface area contributed by atoms with Crippen molar-refractivity contribution in [2.75, 3.05) is 28.7 Å². The number of amides is 3. The van der Waals surface area contributed by atoms with Crippen molar-refractivity contribution in [1.29, 1.82) is 0 Å². The molecule has 2 aliphatic rings. The van der Waals surface area contributed by atoms with Crippen molar-refractivity contribution in [2.45, 2.75) is 85.5 Å². The number of aromatic nitrogens is 2. The maximum Gasteiger partial charge on any atom is 0.415 e. The first-order chi connectivity index (χ1) is 21.5. The Bertz CT molecular complexity index is 1700. The van der Waals surface area contributed by atoms with Crippen LogP contribution in [0.2, 0.25) is 0 Å². The molecule has 3 amide bonds. The van der Waals surface area contributed by atoms with Crippen molar-refractivity contribution in [3.05, 3.63) is 35.9 Å². The monoisotopic (exact) mass is 637 g/mol. The van der Waals surface area contributed by atoms with Crippen molar-refractivity contribution in [1.82, 2.24) is 9.97 Å². The number of carbonyl (C=O) groups excluding carboxylic acids is 3. The van der Waals surface area contributed by atoms with E-state index in [-0.39, 0.29) is 53.5 Å². The third-order valence-corrected chi connectivity index (χ3v) is 7.62. The van der Waals surface area contributed by atoms with E-state index in [9.17, 15) is 14.4 Å². The molecule has 0 bridgehead atoms. The summed E-state index contributed by atoms with van der Waals surface area (Å²) >= 11 is 0. The third-order valence-electron chi connectivity index (χ3n) is 7.62. The summed E-state index contributed by atoms with van der Waals surface area (Å²) in [7, 11) is 0. The average Bonchev–Trinajstić information content (AvgIpc) is 2.94. The number of ether oxygens (including phenoxy) is 4. The molecule has 1 fully saturated rings. The minimum atomic E-state index is -0.866. The van der Waals surface area contributed by atoms with E-state index >= 15 is 4.39 Å². The van der Waals surface area contributed by atoms with Crippen LogP contribution in [0.15, 0.2) is 24.5 Å². The van der Waals surface area contributed by atoms with Crippen LogP contribution in [0.5, 0.6) is 5.88 Å². The number of halogens is 1. The molecule has 246 valence electrons. The van der Waals surface area contributed by atoms with Crippen LogP contribution in [-0.4, -0.2) is 58.7 Å². The van der Waals surface area contributed by atoms with Gasteiger partial charge in [0.1, 0.15) is 35.4 Å². The first kappa shape index (κ1) is 32.7. The Morgan fingerprint density at radius 3 is 2.30 bits per heavy atom. The van der Waals surface area contributed by atoms with Gasteiger partial charge in [-0.2, -0.15) is 0 Å². The van der Waals surface area contributed by atoms with E-state index in [0.29, 0.717) is 22.2 Å². The van der Waals surface area contributed by atoms with E-state index in [1.807, 2.05) is 6.92 Å². The summed E-state index contributed by atoms with van der Waals surface area (Å²) in [6.45, 7) is 14.5. The first-order valence-corrected chi connectivity index (χ1v) is 15.2. The Hall–Kier alpha value is -4.68. The van der Waals surface area contributed by atoms with Gasteiger partial charge in [0, 0.05) is 28.9 Å². The first-order valence-electron chi connectivity index (χ1n) is 15.2. The molecule has 3 heterocycles. The highest BCUT2D eigenvalue weighted by Gasteiger charge is 2.33. The van der Waals surface area contributed by atoms with E-state index in [4.69, 9.17) is 18.9 Å². The molecule has 1 aliphatic heterocycles. The Morgan fingerprint density at radius 2 is 1.67 bits per heavy atom. The second-order valence-electron chi connectivity index (χ2n) is 13.6. The van der Waals surface area contributed by atoms with Gasteiger partial charge in [-0.25, -0.2) is 28.7 Å². The molecule has 2 atom stereocenters. The highest BCUT2D eigenvalue weighted by Crippen LogP contribution is 2.42. The molecule has 0 spiro atoms. The second kappa shape index (κ2) is 12.3. The zero-order chi connectivity index (χ0) is 33.6. The molecule has 13 heteroatoms. The molecule has 12 nitrogen and oxygen atoms in total. The Kier molecular flexibility index (Phi) is 8.71. The van der Waals surface area contributed by atoms with Gasteiger partial charge in [0.25, 0.3) is 0 Å². The summed E-state index contributed by atoms with van der Waals surface area (Å²) in [5, 5.41) is 5.90. The summed E-state index contributed by atoms with van der Waals surface area (Å²) in [5.74, 6) is -0.103. The number of anilines is 3. The molecular weight excluding hydrogens is 597 g/mol. The topological polar surface area (TPSA) is 141 Å². The molecule has 3 aromatic rings. The Balaban J connectivity index is 1.60. The van der Waals surface area contributed by atoms with Crippen molar-refractivity contribution < 1.29 is 37.7 Å². The predicted molar refractivity (Wildman–Crippen MR) is 171 cm³/mol. The van der Waals surface area contributed by atoms with Gasteiger partial charge >= 0.3 is 18.3 Å². The number of benzene rings is 1. The zero-order valence-corrected chi connectivity index (χ0v) is 27.4. The van der Waals surface area contributed by atoms with Gasteiger partial charge in [0.05, 0.1) is 12.2 Å². The fourth-order valence-corrected chi connectivity index (χ4v) is 5.26. The molecule has 0 radical (unpaired) electrons.